The van der Waals surface area contributed by atoms with Gasteiger partial charge < -0.3 is 20.4 Å². The minimum atomic E-state index is -1.48. The molecule has 0 unspecified atom stereocenters. The van der Waals surface area contributed by atoms with Crippen LogP contribution in [-0.2, 0) is 14.3 Å². The number of aromatic amines is 1. The molecular formula is C36H41Cl2N5O4. The minimum absolute atomic E-state index is 0.375. The number of halogens is 2. The summed E-state index contributed by atoms with van der Waals surface area (Å²) in [6.45, 7) is 10.4. The maximum Gasteiger partial charge on any atom is 0.417 e. The summed E-state index contributed by atoms with van der Waals surface area (Å²) in [5.41, 5.74) is 8.02. The molecule has 1 aliphatic rings. The molecule has 4 aromatic rings. The van der Waals surface area contributed by atoms with Crippen LogP contribution in [0.1, 0.15) is 77.7 Å². The van der Waals surface area contributed by atoms with Crippen molar-refractivity contribution in [1.82, 2.24) is 19.8 Å². The Hall–Kier alpha value is -3.92. The highest BCUT2D eigenvalue weighted by molar-refractivity contribution is 6.42. The Balaban J connectivity index is 1.59. The normalized spacial score (nSPS) is 16.6. The number of likely N-dealkylation sites (tertiary alicyclic amines) is 1. The summed E-state index contributed by atoms with van der Waals surface area (Å²) in [5.74, 6) is -1.19. The van der Waals surface area contributed by atoms with Gasteiger partial charge in [-0.05, 0) is 76.3 Å². The molecule has 248 valence electrons. The van der Waals surface area contributed by atoms with E-state index in [9.17, 15) is 14.4 Å². The van der Waals surface area contributed by atoms with E-state index >= 15 is 0 Å². The number of hydrogen-bond acceptors (Lipinski definition) is 6. The fourth-order valence-corrected chi connectivity index (χ4v) is 6.27. The lowest BCUT2D eigenvalue weighted by Gasteiger charge is -2.39. The van der Waals surface area contributed by atoms with Crippen LogP contribution in [-0.4, -0.2) is 61.4 Å². The maximum atomic E-state index is 14.9. The molecule has 3 aromatic carbocycles. The number of benzene rings is 3. The Kier molecular flexibility index (Phi) is 9.74. The van der Waals surface area contributed by atoms with Gasteiger partial charge in [0.2, 0.25) is 5.91 Å². The number of fused-ring (bicyclic) bond motifs is 1. The van der Waals surface area contributed by atoms with Gasteiger partial charge in [-0.1, -0.05) is 84.7 Å². The third-order valence-corrected chi connectivity index (χ3v) is 9.02. The average molecular weight is 679 g/mol. The van der Waals surface area contributed by atoms with Crippen molar-refractivity contribution in [3.05, 3.63) is 88.2 Å². The lowest BCUT2D eigenvalue weighted by atomic mass is 9.88. The van der Waals surface area contributed by atoms with Gasteiger partial charge in [0.1, 0.15) is 17.5 Å². The van der Waals surface area contributed by atoms with E-state index in [1.165, 1.54) is 13.8 Å². The SMILES string of the molecule is C[C@@H](c1ccc(-c2ccccc2)cc1)[C@@H](C(=O)N1CCC[C@H]1c1nc2cc(Cl)c(Cl)cc2[nH]1)N(C(=O)OC(C)(C)C)C(=O)C(C)(C)N. The number of nitrogens with one attached hydrogen (secondary N) is 1. The Bertz CT molecular complexity index is 1740. The van der Waals surface area contributed by atoms with Gasteiger partial charge in [0.25, 0.3) is 5.91 Å². The van der Waals surface area contributed by atoms with Gasteiger partial charge in [-0.2, -0.15) is 0 Å². The van der Waals surface area contributed by atoms with Crippen LogP contribution in [0, 0.1) is 0 Å². The smallest absolute Gasteiger partial charge is 0.417 e. The van der Waals surface area contributed by atoms with Gasteiger partial charge >= 0.3 is 6.09 Å². The highest BCUT2D eigenvalue weighted by atomic mass is 35.5. The molecule has 1 aliphatic heterocycles. The number of hydrogen-bond donors (Lipinski definition) is 2. The van der Waals surface area contributed by atoms with Gasteiger partial charge in [-0.15, -0.1) is 0 Å². The lowest BCUT2D eigenvalue weighted by molar-refractivity contribution is -0.148. The second-order valence-corrected chi connectivity index (χ2v) is 14.5. The predicted octanol–water partition coefficient (Wildman–Crippen LogP) is 7.87. The summed E-state index contributed by atoms with van der Waals surface area (Å²) < 4.78 is 5.74. The Morgan fingerprint density at radius 1 is 0.979 bits per heavy atom. The second kappa shape index (κ2) is 13.3. The molecule has 3 N–H and O–H groups in total. The molecule has 0 radical (unpaired) electrons. The number of amides is 3. The average Bonchev–Trinajstić information content (AvgIpc) is 3.65. The molecule has 47 heavy (non-hydrogen) atoms. The molecule has 0 saturated carbocycles. The summed E-state index contributed by atoms with van der Waals surface area (Å²) in [6.07, 6.45) is 0.392. The molecule has 2 heterocycles. The highest BCUT2D eigenvalue weighted by Crippen LogP contribution is 2.37. The Morgan fingerprint density at radius 2 is 1.60 bits per heavy atom. The number of ether oxygens (including phenoxy) is 1. The van der Waals surface area contributed by atoms with E-state index < -0.39 is 47.0 Å². The number of imide groups is 1. The van der Waals surface area contributed by atoms with E-state index in [-0.39, 0.29) is 0 Å². The topological polar surface area (TPSA) is 122 Å². The van der Waals surface area contributed by atoms with Gasteiger partial charge in [0, 0.05) is 12.5 Å². The number of carbonyl (C=O) groups excluding carboxylic acids is 3. The van der Waals surface area contributed by atoms with Gasteiger partial charge in [-0.3, -0.25) is 9.59 Å². The van der Waals surface area contributed by atoms with E-state index in [0.29, 0.717) is 46.3 Å². The number of carbonyl (C=O) groups is 3. The van der Waals surface area contributed by atoms with E-state index in [4.69, 9.17) is 38.7 Å². The first-order valence-electron chi connectivity index (χ1n) is 15.7. The summed E-state index contributed by atoms with van der Waals surface area (Å²) in [5, 5.41) is 0.761. The zero-order valence-corrected chi connectivity index (χ0v) is 29.0. The molecule has 3 amide bonds. The molecule has 11 heteroatoms. The standard InChI is InChI=1S/C36H41Cl2N5O4/c1-21(22-14-16-24(17-15-22)23-11-8-7-9-12-23)30(43(33(45)36(5,6)39)34(46)47-35(2,3)4)32(44)42-18-10-13-29(42)31-40-27-19-25(37)26(38)20-28(27)41-31/h7-9,11-12,14-17,19-21,29-30H,10,13,18,39H2,1-6H3,(H,40,41)/t21-,29-,30-/m0/s1. The summed E-state index contributed by atoms with van der Waals surface area (Å²) in [4.78, 5) is 53.5. The van der Waals surface area contributed by atoms with Crippen LogP contribution in [0.15, 0.2) is 66.7 Å². The first-order valence-corrected chi connectivity index (χ1v) is 16.5. The van der Waals surface area contributed by atoms with Crippen molar-refractivity contribution in [1.29, 1.82) is 0 Å². The molecule has 0 aliphatic carbocycles. The lowest BCUT2D eigenvalue weighted by Crippen LogP contribution is -2.62. The van der Waals surface area contributed by atoms with Gasteiger partial charge in [0.15, 0.2) is 0 Å². The first kappa shape index (κ1) is 34.4. The van der Waals surface area contributed by atoms with Crippen molar-refractivity contribution in [2.45, 2.75) is 83.5 Å². The van der Waals surface area contributed by atoms with E-state index in [1.54, 1.807) is 37.8 Å². The fourth-order valence-electron chi connectivity index (χ4n) is 5.95. The van der Waals surface area contributed by atoms with Crippen LogP contribution in [0.25, 0.3) is 22.2 Å². The zero-order chi connectivity index (χ0) is 34.3. The maximum absolute atomic E-state index is 14.9. The third kappa shape index (κ3) is 7.48. The monoisotopic (exact) mass is 677 g/mol. The van der Waals surface area contributed by atoms with Crippen molar-refractivity contribution in [2.24, 2.45) is 5.73 Å². The quantitative estimate of drug-likeness (QED) is 0.205. The van der Waals surface area contributed by atoms with Crippen LogP contribution >= 0.6 is 23.2 Å². The number of imidazole rings is 1. The summed E-state index contributed by atoms with van der Waals surface area (Å²) >= 11 is 12.5. The molecule has 1 aromatic heterocycles. The van der Waals surface area contributed by atoms with Crippen LogP contribution in [0.5, 0.6) is 0 Å². The number of aromatic nitrogens is 2. The van der Waals surface area contributed by atoms with Crippen LogP contribution in [0.2, 0.25) is 10.0 Å². The largest absolute Gasteiger partial charge is 0.443 e. The van der Waals surface area contributed by atoms with Crippen LogP contribution < -0.4 is 5.73 Å². The van der Waals surface area contributed by atoms with Gasteiger partial charge in [0.05, 0.1) is 32.7 Å². The van der Waals surface area contributed by atoms with Crippen LogP contribution in [0.3, 0.4) is 0 Å². The molecule has 3 atom stereocenters. The van der Waals surface area contributed by atoms with Crippen molar-refractivity contribution in [2.75, 3.05) is 6.54 Å². The van der Waals surface area contributed by atoms with Crippen molar-refractivity contribution < 1.29 is 19.1 Å². The molecular weight excluding hydrogens is 637 g/mol. The number of nitrogens with zero attached hydrogens (tertiary/aromatic N) is 3. The number of rotatable bonds is 7. The van der Waals surface area contributed by atoms with E-state index in [0.717, 1.165) is 21.6 Å². The Labute approximate surface area is 285 Å². The van der Waals surface area contributed by atoms with Crippen molar-refractivity contribution in [3.8, 4) is 11.1 Å². The summed E-state index contributed by atoms with van der Waals surface area (Å²) in [6, 6.07) is 19.4. The molecule has 5 rings (SSSR count). The molecule has 9 nitrogen and oxygen atoms in total. The highest BCUT2D eigenvalue weighted by Gasteiger charge is 2.48. The number of H-pyrrole nitrogens is 1. The zero-order valence-electron chi connectivity index (χ0n) is 27.5. The van der Waals surface area contributed by atoms with Crippen LogP contribution in [0.4, 0.5) is 4.79 Å². The first-order chi connectivity index (χ1) is 22.0. The summed E-state index contributed by atoms with van der Waals surface area (Å²) in [7, 11) is 0. The third-order valence-electron chi connectivity index (χ3n) is 8.30. The predicted molar refractivity (Wildman–Crippen MR) is 185 cm³/mol. The van der Waals surface area contributed by atoms with Crippen molar-refractivity contribution >= 4 is 52.1 Å². The van der Waals surface area contributed by atoms with Gasteiger partial charge in [-0.25, -0.2) is 14.7 Å². The van der Waals surface area contributed by atoms with Crippen molar-refractivity contribution in [3.63, 3.8) is 0 Å². The minimum Gasteiger partial charge on any atom is -0.443 e. The molecule has 1 saturated heterocycles. The van der Waals surface area contributed by atoms with E-state index in [1.807, 2.05) is 61.5 Å². The molecule has 0 spiro atoms. The Morgan fingerprint density at radius 3 is 2.21 bits per heavy atom. The fraction of sp³-hybridized carbons (Fsp3) is 0.389. The van der Waals surface area contributed by atoms with E-state index in [2.05, 4.69) is 4.98 Å². The number of nitrogens with two attached hydrogens (primary N) is 1. The molecule has 1 fully saturated rings. The molecule has 0 bridgehead atoms. The second-order valence-electron chi connectivity index (χ2n) is 13.7.